The van der Waals surface area contributed by atoms with Crippen molar-refractivity contribution in [1.29, 1.82) is 0 Å². The van der Waals surface area contributed by atoms with Crippen molar-refractivity contribution in [3.05, 3.63) is 11.6 Å². The van der Waals surface area contributed by atoms with Crippen LogP contribution < -0.4 is 0 Å². The Kier molecular flexibility index (Phi) is 21.8. The van der Waals surface area contributed by atoms with Crippen LogP contribution in [-0.2, 0) is 71.2 Å². The zero-order valence-corrected chi connectivity index (χ0v) is 56.3. The van der Waals surface area contributed by atoms with E-state index in [1.807, 2.05) is 0 Å². The predicted octanol–water partition coefficient (Wildman–Crippen LogP) is -2.48. The molecule has 0 bridgehead atoms. The van der Waals surface area contributed by atoms with Gasteiger partial charge in [0.1, 0.15) is 129 Å². The highest BCUT2D eigenvalue weighted by molar-refractivity contribution is 5.79. The van der Waals surface area contributed by atoms with Crippen LogP contribution in [0.25, 0.3) is 0 Å². The van der Waals surface area contributed by atoms with E-state index in [0.29, 0.717) is 38.5 Å². The number of hydrogen-bond donors (Lipinski definition) is 15. The molecule has 0 spiro atoms. The summed E-state index contributed by atoms with van der Waals surface area (Å²) in [7, 11) is 0. The van der Waals surface area contributed by atoms with Crippen LogP contribution in [-0.4, -0.2) is 293 Å². The SMILES string of the molecule is CC(=O)OC[C@H]1O[C@@H](OC[C@H]2O[C@@H](OC(=O)[C@]34CCC(C)(C)C[C@H]3C3=CC[C@@H]5[C@@]6(C)CC[C@H](O[C@@H]7OC[C@H](O)[C@H](O)[C@H]7O[C@@H]7O[C@@H](C)[C@H](O)[C@@H](O[C@@H]8OC[C@@H](O)[C@H](O)[C@H]8O)[C@H]7O)C(C)(C)[C@@H]6CC[C@@]5(C)[C@]3(C)CC4)[C@H](O)[C@@H](O)[C@@H]2O)[C@H](O)[C@@H](O)[C@@H]1O[C@@H]1O[C@@H](C)[C@@H](O)[C@@H](O)[C@H]1O. The van der Waals surface area contributed by atoms with E-state index >= 15 is 4.79 Å². The molecule has 30 heteroatoms. The minimum absolute atomic E-state index is 0.106. The molecule has 5 aliphatic carbocycles. The number of allylic oxidation sites excluding steroid dienone is 2. The molecular formula is C66H106O30. The van der Waals surface area contributed by atoms with Gasteiger partial charge in [-0.3, -0.25) is 9.59 Å². The highest BCUT2D eigenvalue weighted by atomic mass is 16.8. The largest absolute Gasteiger partial charge is 0.463 e. The van der Waals surface area contributed by atoms with E-state index in [1.165, 1.54) is 19.4 Å². The maximum absolute atomic E-state index is 15.4. The third-order valence-corrected chi connectivity index (χ3v) is 25.0. The molecule has 36 atom stereocenters. The second-order valence-corrected chi connectivity index (χ2v) is 31.6. The summed E-state index contributed by atoms with van der Waals surface area (Å²) < 4.78 is 77.1. The van der Waals surface area contributed by atoms with E-state index in [9.17, 15) is 81.4 Å². The van der Waals surface area contributed by atoms with Crippen LogP contribution in [0.5, 0.6) is 0 Å². The fourth-order valence-corrected chi connectivity index (χ4v) is 18.9. The van der Waals surface area contributed by atoms with Gasteiger partial charge in [0.25, 0.3) is 0 Å². The van der Waals surface area contributed by atoms with Crippen molar-refractivity contribution < 1.29 is 148 Å². The van der Waals surface area contributed by atoms with Gasteiger partial charge in [0, 0.05) is 6.92 Å². The molecule has 0 radical (unpaired) electrons. The molecule has 30 nitrogen and oxygen atoms in total. The lowest BCUT2D eigenvalue weighted by molar-refractivity contribution is -0.378. The number of aliphatic hydroxyl groups is 15. The normalized spacial score (nSPS) is 53.3. The predicted molar refractivity (Wildman–Crippen MR) is 323 cm³/mol. The fourth-order valence-electron chi connectivity index (χ4n) is 18.9. The van der Waals surface area contributed by atoms with Crippen molar-refractivity contribution in [2.24, 2.45) is 50.2 Å². The monoisotopic (exact) mass is 1380 g/mol. The van der Waals surface area contributed by atoms with Gasteiger partial charge in [0.05, 0.1) is 43.5 Å². The Morgan fingerprint density at radius 3 is 1.76 bits per heavy atom. The Balaban J connectivity index is 0.767. The number of rotatable bonds is 15. The van der Waals surface area contributed by atoms with Crippen LogP contribution in [0.15, 0.2) is 11.6 Å². The molecule has 0 aromatic rings. The van der Waals surface area contributed by atoms with Gasteiger partial charge in [0.2, 0.25) is 6.29 Å². The van der Waals surface area contributed by atoms with Gasteiger partial charge in [-0.05, 0) is 123 Å². The summed E-state index contributed by atoms with van der Waals surface area (Å²) in [5.74, 6) is -1.39. The first-order valence-electron chi connectivity index (χ1n) is 34.3. The second kappa shape index (κ2) is 28.0. The van der Waals surface area contributed by atoms with Crippen molar-refractivity contribution in [2.45, 2.75) is 312 Å². The molecule has 10 fully saturated rings. The third kappa shape index (κ3) is 13.2. The van der Waals surface area contributed by atoms with Gasteiger partial charge in [-0.2, -0.15) is 0 Å². The van der Waals surface area contributed by atoms with Gasteiger partial charge in [-0.1, -0.05) is 60.1 Å². The van der Waals surface area contributed by atoms with Crippen molar-refractivity contribution in [2.75, 3.05) is 26.4 Å². The Hall–Kier alpha value is -2.36. The molecule has 0 aromatic heterocycles. The maximum atomic E-state index is 15.4. The topological polar surface area (TPSA) is 458 Å². The van der Waals surface area contributed by atoms with E-state index in [4.69, 9.17) is 61.6 Å². The van der Waals surface area contributed by atoms with Gasteiger partial charge in [0.15, 0.2) is 31.5 Å². The summed E-state index contributed by atoms with van der Waals surface area (Å²) in [6, 6.07) is 0. The van der Waals surface area contributed by atoms with E-state index in [0.717, 1.165) is 32.6 Å². The van der Waals surface area contributed by atoms with E-state index < -0.39 is 226 Å². The summed E-state index contributed by atoms with van der Waals surface area (Å²) >= 11 is 0. The zero-order valence-electron chi connectivity index (χ0n) is 56.3. The highest BCUT2D eigenvalue weighted by Gasteiger charge is 2.70. The van der Waals surface area contributed by atoms with Gasteiger partial charge in [-0.15, -0.1) is 0 Å². The quantitative estimate of drug-likeness (QED) is 0.0458. The summed E-state index contributed by atoms with van der Waals surface area (Å²) in [5.41, 5.74) is -1.47. The third-order valence-electron chi connectivity index (χ3n) is 25.0. The van der Waals surface area contributed by atoms with Crippen LogP contribution in [0.3, 0.4) is 0 Å². The molecule has 0 aromatic carbocycles. The van der Waals surface area contributed by atoms with Gasteiger partial charge < -0.3 is 138 Å². The number of fused-ring (bicyclic) bond motifs is 7. The Morgan fingerprint density at radius 1 is 0.500 bits per heavy atom. The molecule has 550 valence electrons. The highest BCUT2D eigenvalue weighted by Crippen LogP contribution is 2.76. The average molecular weight is 1380 g/mol. The number of ether oxygens (including phenoxy) is 13. The fraction of sp³-hybridized carbons (Fsp3) is 0.939. The molecular weight excluding hydrogens is 1270 g/mol. The van der Waals surface area contributed by atoms with Crippen LogP contribution in [0.1, 0.15) is 133 Å². The van der Waals surface area contributed by atoms with Gasteiger partial charge >= 0.3 is 11.9 Å². The van der Waals surface area contributed by atoms with Gasteiger partial charge in [-0.25, -0.2) is 0 Å². The molecule has 15 N–H and O–H groups in total. The zero-order chi connectivity index (χ0) is 70.0. The molecule has 0 amide bonds. The van der Waals surface area contributed by atoms with E-state index in [-0.39, 0.29) is 40.6 Å². The summed E-state index contributed by atoms with van der Waals surface area (Å²) in [5, 5.41) is 164. The number of carbonyl (C=O) groups excluding carboxylic acids is 2. The number of esters is 2. The molecule has 6 saturated heterocycles. The Bertz CT molecular complexity index is 2740. The van der Waals surface area contributed by atoms with Crippen molar-refractivity contribution in [3.63, 3.8) is 0 Å². The summed E-state index contributed by atoms with van der Waals surface area (Å²) in [4.78, 5) is 27.3. The molecule has 96 heavy (non-hydrogen) atoms. The van der Waals surface area contributed by atoms with Crippen LogP contribution >= 0.6 is 0 Å². The van der Waals surface area contributed by atoms with Crippen molar-refractivity contribution >= 4 is 11.9 Å². The lowest BCUT2D eigenvalue weighted by atomic mass is 9.33. The smallest absolute Gasteiger partial charge is 0.315 e. The second-order valence-electron chi connectivity index (χ2n) is 31.6. The lowest BCUT2D eigenvalue weighted by Crippen LogP contribution is -2.66. The lowest BCUT2D eigenvalue weighted by Gasteiger charge is -2.71. The standard InChI is InChI=1S/C66H106O30/c1-26-38(70)43(75)47(79)56(88-26)93-51-34(25-84-28(3)67)91-54(49(81)45(51)77)87-24-33-42(74)44(76)48(80)57(90-33)96-60(83)66-19-17-61(4,5)21-30(66)29-11-12-36-63(8)15-14-37(62(6,7)35(63)13-16-65(36,10)64(29,9)18-20-66)92-59-53(41(73)32(69)23-86-59)95-58-50(82)52(39(71)27(2)89-58)94-55-46(78)40(72)31(68)22-85-55/h11,26-27,30-59,68-82H,12-25H2,1-10H3/t26-,27-,30-,31+,32-,33+,34+,35-,36+,37-,38+,39-,40-,41-,42+,43+,44-,45+,46+,47+,48+,49+,50+,51+,52+,53+,54+,55-,56-,57-,58-,59-,63-,64+,65+,66-/m0/s1. The van der Waals surface area contributed by atoms with Crippen LogP contribution in [0.2, 0.25) is 0 Å². The molecule has 6 heterocycles. The minimum atomic E-state index is -1.93. The number of hydrogen-bond acceptors (Lipinski definition) is 30. The first-order chi connectivity index (χ1) is 44.9. The maximum Gasteiger partial charge on any atom is 0.315 e. The minimum Gasteiger partial charge on any atom is -0.463 e. The number of aliphatic hydroxyl groups excluding tert-OH is 15. The average Bonchev–Trinajstić information content (AvgIpc) is 0.676. The number of carbonyl (C=O) groups is 2. The van der Waals surface area contributed by atoms with Crippen molar-refractivity contribution in [1.82, 2.24) is 0 Å². The van der Waals surface area contributed by atoms with Crippen LogP contribution in [0.4, 0.5) is 0 Å². The van der Waals surface area contributed by atoms with E-state index in [1.54, 1.807) is 0 Å². The first kappa shape index (κ1) is 74.8. The molecule has 0 unspecified atom stereocenters. The molecule has 6 aliphatic heterocycles. The summed E-state index contributed by atoms with van der Waals surface area (Å²) in [6.45, 7) is 18.0. The summed E-state index contributed by atoms with van der Waals surface area (Å²) in [6.07, 6.45) is -36.2. The van der Waals surface area contributed by atoms with Crippen molar-refractivity contribution in [3.8, 4) is 0 Å². The Morgan fingerprint density at radius 2 is 1.07 bits per heavy atom. The first-order valence-corrected chi connectivity index (χ1v) is 34.3. The molecule has 11 aliphatic rings. The van der Waals surface area contributed by atoms with Crippen LogP contribution in [0, 0.1) is 50.2 Å². The molecule has 11 rings (SSSR count). The van der Waals surface area contributed by atoms with E-state index in [2.05, 4.69) is 54.5 Å². The molecule has 4 saturated carbocycles. The Labute approximate surface area is 557 Å².